The van der Waals surface area contributed by atoms with Crippen LogP contribution in [0.3, 0.4) is 0 Å². The van der Waals surface area contributed by atoms with Gasteiger partial charge in [0, 0.05) is 12.7 Å². The SMILES string of the molecule is CCc1c(CNC(N)=O)ccnc1C(=O)O. The summed E-state index contributed by atoms with van der Waals surface area (Å²) in [5.74, 6) is -1.07. The zero-order valence-corrected chi connectivity index (χ0v) is 8.86. The molecule has 0 aliphatic rings. The molecule has 1 aromatic heterocycles. The van der Waals surface area contributed by atoms with Crippen molar-refractivity contribution in [1.82, 2.24) is 10.3 Å². The molecule has 0 spiro atoms. The summed E-state index contributed by atoms with van der Waals surface area (Å²) in [6.07, 6.45) is 1.94. The fourth-order valence-electron chi connectivity index (χ4n) is 1.46. The number of primary amides is 1. The normalized spacial score (nSPS) is 9.81. The minimum Gasteiger partial charge on any atom is -0.477 e. The van der Waals surface area contributed by atoms with Gasteiger partial charge in [-0.05, 0) is 23.6 Å². The minimum absolute atomic E-state index is 0.0197. The molecule has 0 atom stereocenters. The first-order valence-electron chi connectivity index (χ1n) is 4.79. The average molecular weight is 223 g/mol. The quantitative estimate of drug-likeness (QED) is 0.691. The number of aromatic nitrogens is 1. The summed E-state index contributed by atoms with van der Waals surface area (Å²) < 4.78 is 0. The second-order valence-corrected chi connectivity index (χ2v) is 3.17. The summed E-state index contributed by atoms with van der Waals surface area (Å²) in [4.78, 5) is 25.3. The van der Waals surface area contributed by atoms with Gasteiger partial charge in [-0.1, -0.05) is 6.92 Å². The van der Waals surface area contributed by atoms with Gasteiger partial charge in [-0.2, -0.15) is 0 Å². The first-order chi connectivity index (χ1) is 7.56. The van der Waals surface area contributed by atoms with Gasteiger partial charge in [-0.25, -0.2) is 14.6 Å². The standard InChI is InChI=1S/C10H13N3O3/c1-2-7-6(5-13-10(11)16)3-4-12-8(7)9(14)15/h3-4H,2,5H2,1H3,(H,14,15)(H3,11,13,16). The van der Waals surface area contributed by atoms with Crippen LogP contribution in [0.2, 0.25) is 0 Å². The Kier molecular flexibility index (Phi) is 3.82. The van der Waals surface area contributed by atoms with E-state index in [-0.39, 0.29) is 12.2 Å². The Labute approximate surface area is 92.5 Å². The molecule has 1 rings (SSSR count). The molecule has 86 valence electrons. The van der Waals surface area contributed by atoms with Gasteiger partial charge in [0.05, 0.1) is 0 Å². The van der Waals surface area contributed by atoms with Gasteiger partial charge in [0.2, 0.25) is 0 Å². The number of nitrogens with zero attached hydrogens (tertiary/aromatic N) is 1. The molecule has 0 radical (unpaired) electrons. The van der Waals surface area contributed by atoms with Crippen LogP contribution >= 0.6 is 0 Å². The number of pyridine rings is 1. The number of hydrogen-bond acceptors (Lipinski definition) is 3. The molecule has 16 heavy (non-hydrogen) atoms. The molecule has 0 saturated carbocycles. The number of aromatic carboxylic acids is 1. The zero-order chi connectivity index (χ0) is 12.1. The lowest BCUT2D eigenvalue weighted by molar-refractivity contribution is 0.0689. The number of carboxylic acid groups (broad SMARTS) is 1. The van der Waals surface area contributed by atoms with E-state index in [0.29, 0.717) is 17.5 Å². The highest BCUT2D eigenvalue weighted by molar-refractivity contribution is 5.87. The van der Waals surface area contributed by atoms with Gasteiger partial charge in [0.25, 0.3) is 0 Å². The van der Waals surface area contributed by atoms with Crippen LogP contribution in [-0.2, 0) is 13.0 Å². The number of carbonyl (C=O) groups is 2. The maximum Gasteiger partial charge on any atom is 0.354 e. The molecule has 0 aliphatic carbocycles. The third-order valence-corrected chi connectivity index (χ3v) is 2.16. The molecule has 6 heteroatoms. The summed E-state index contributed by atoms with van der Waals surface area (Å²) >= 11 is 0. The summed E-state index contributed by atoms with van der Waals surface area (Å²) in [6, 6.07) is 1.03. The van der Waals surface area contributed by atoms with E-state index in [1.165, 1.54) is 6.20 Å². The van der Waals surface area contributed by atoms with Crippen LogP contribution in [0, 0.1) is 0 Å². The molecule has 0 saturated heterocycles. The predicted molar refractivity (Wildman–Crippen MR) is 57.0 cm³/mol. The van der Waals surface area contributed by atoms with E-state index in [9.17, 15) is 9.59 Å². The first kappa shape index (κ1) is 12.0. The molecule has 0 fully saturated rings. The van der Waals surface area contributed by atoms with Crippen molar-refractivity contribution in [3.8, 4) is 0 Å². The van der Waals surface area contributed by atoms with Crippen LogP contribution in [-0.4, -0.2) is 22.1 Å². The minimum atomic E-state index is -1.07. The summed E-state index contributed by atoms with van der Waals surface area (Å²) in [5.41, 5.74) is 6.30. The number of nitrogens with one attached hydrogen (secondary N) is 1. The van der Waals surface area contributed by atoms with E-state index in [4.69, 9.17) is 10.8 Å². The van der Waals surface area contributed by atoms with Crippen molar-refractivity contribution in [1.29, 1.82) is 0 Å². The first-order valence-corrected chi connectivity index (χ1v) is 4.79. The van der Waals surface area contributed by atoms with Gasteiger partial charge in [-0.15, -0.1) is 0 Å². The van der Waals surface area contributed by atoms with E-state index >= 15 is 0 Å². The topological polar surface area (TPSA) is 105 Å². The highest BCUT2D eigenvalue weighted by Crippen LogP contribution is 2.13. The monoisotopic (exact) mass is 223 g/mol. The van der Waals surface area contributed by atoms with Gasteiger partial charge in [-0.3, -0.25) is 0 Å². The van der Waals surface area contributed by atoms with Gasteiger partial charge in [0.1, 0.15) is 0 Å². The predicted octanol–water partition coefficient (Wildman–Crippen LogP) is 0.511. The Bertz CT molecular complexity index is 418. The van der Waals surface area contributed by atoms with Crippen molar-refractivity contribution >= 4 is 12.0 Å². The number of nitrogens with two attached hydrogens (primary N) is 1. The number of carbonyl (C=O) groups excluding carboxylic acids is 1. The summed E-state index contributed by atoms with van der Waals surface area (Å²) in [5, 5.41) is 11.3. The summed E-state index contributed by atoms with van der Waals surface area (Å²) in [7, 11) is 0. The molecular formula is C10H13N3O3. The molecule has 4 N–H and O–H groups in total. The highest BCUT2D eigenvalue weighted by Gasteiger charge is 2.13. The van der Waals surface area contributed by atoms with E-state index in [1.807, 2.05) is 6.92 Å². The lowest BCUT2D eigenvalue weighted by atomic mass is 10.0. The van der Waals surface area contributed by atoms with Gasteiger partial charge in [0.15, 0.2) is 5.69 Å². The van der Waals surface area contributed by atoms with Crippen LogP contribution in [0.1, 0.15) is 28.5 Å². The van der Waals surface area contributed by atoms with Crippen molar-refractivity contribution < 1.29 is 14.7 Å². The second kappa shape index (κ2) is 5.11. The fraction of sp³-hybridized carbons (Fsp3) is 0.300. The van der Waals surface area contributed by atoms with Crippen molar-refractivity contribution in [2.75, 3.05) is 0 Å². The fourth-order valence-corrected chi connectivity index (χ4v) is 1.46. The number of carboxylic acids is 1. The molecule has 1 aromatic rings. The van der Waals surface area contributed by atoms with Crippen molar-refractivity contribution in [2.24, 2.45) is 5.73 Å². The molecule has 0 aromatic carbocycles. The average Bonchev–Trinajstić information content (AvgIpc) is 2.25. The Morgan fingerprint density at radius 1 is 1.56 bits per heavy atom. The lowest BCUT2D eigenvalue weighted by Gasteiger charge is -2.09. The number of urea groups is 1. The van der Waals surface area contributed by atoms with Gasteiger partial charge >= 0.3 is 12.0 Å². The van der Waals surface area contributed by atoms with Crippen molar-refractivity contribution in [2.45, 2.75) is 19.9 Å². The second-order valence-electron chi connectivity index (χ2n) is 3.17. The van der Waals surface area contributed by atoms with Gasteiger partial charge < -0.3 is 16.2 Å². The Balaban J connectivity index is 3.04. The van der Waals surface area contributed by atoms with Crippen LogP contribution in [0.15, 0.2) is 12.3 Å². The molecule has 0 aliphatic heterocycles. The van der Waals surface area contributed by atoms with Crippen LogP contribution < -0.4 is 11.1 Å². The van der Waals surface area contributed by atoms with E-state index in [2.05, 4.69) is 10.3 Å². The molecular weight excluding hydrogens is 210 g/mol. The molecule has 1 heterocycles. The van der Waals surface area contributed by atoms with E-state index in [1.54, 1.807) is 6.07 Å². The molecule has 2 amide bonds. The van der Waals surface area contributed by atoms with Crippen molar-refractivity contribution in [3.63, 3.8) is 0 Å². The summed E-state index contributed by atoms with van der Waals surface area (Å²) in [6.45, 7) is 2.04. The Morgan fingerprint density at radius 3 is 2.75 bits per heavy atom. The highest BCUT2D eigenvalue weighted by atomic mass is 16.4. The maximum absolute atomic E-state index is 10.9. The largest absolute Gasteiger partial charge is 0.477 e. The number of hydrogen-bond donors (Lipinski definition) is 3. The van der Waals surface area contributed by atoms with Crippen LogP contribution in [0.4, 0.5) is 4.79 Å². The Hall–Kier alpha value is -2.11. The lowest BCUT2D eigenvalue weighted by Crippen LogP contribution is -2.29. The molecule has 0 bridgehead atoms. The van der Waals surface area contributed by atoms with Crippen LogP contribution in [0.25, 0.3) is 0 Å². The molecule has 6 nitrogen and oxygen atoms in total. The smallest absolute Gasteiger partial charge is 0.354 e. The third-order valence-electron chi connectivity index (χ3n) is 2.16. The van der Waals surface area contributed by atoms with Crippen molar-refractivity contribution in [3.05, 3.63) is 29.1 Å². The molecule has 0 unspecified atom stereocenters. The van der Waals surface area contributed by atoms with E-state index in [0.717, 1.165) is 0 Å². The maximum atomic E-state index is 10.9. The van der Waals surface area contributed by atoms with E-state index < -0.39 is 12.0 Å². The van der Waals surface area contributed by atoms with Crippen LogP contribution in [0.5, 0.6) is 0 Å². The Morgan fingerprint density at radius 2 is 2.25 bits per heavy atom. The number of amides is 2. The third kappa shape index (κ3) is 2.69. The number of rotatable bonds is 4. The zero-order valence-electron chi connectivity index (χ0n) is 8.86.